The second-order valence-electron chi connectivity index (χ2n) is 6.71. The van der Waals surface area contributed by atoms with E-state index < -0.39 is 0 Å². The van der Waals surface area contributed by atoms with Gasteiger partial charge in [-0.1, -0.05) is 20.8 Å². The van der Waals surface area contributed by atoms with E-state index in [-0.39, 0.29) is 5.41 Å². The van der Waals surface area contributed by atoms with Gasteiger partial charge in [-0.2, -0.15) is 9.97 Å². The summed E-state index contributed by atoms with van der Waals surface area (Å²) >= 11 is 0. The lowest BCUT2D eigenvalue weighted by molar-refractivity contribution is 0.442. The number of nitrogens with zero attached hydrogens (tertiary/aromatic N) is 3. The molecule has 0 unspecified atom stereocenters. The van der Waals surface area contributed by atoms with Crippen molar-refractivity contribution in [3.05, 3.63) is 6.07 Å². The molecule has 1 saturated heterocycles. The summed E-state index contributed by atoms with van der Waals surface area (Å²) in [5.41, 5.74) is 11.9. The third kappa shape index (κ3) is 4.23. The van der Waals surface area contributed by atoms with Crippen molar-refractivity contribution in [2.45, 2.75) is 39.7 Å². The van der Waals surface area contributed by atoms with Crippen LogP contribution >= 0.6 is 0 Å². The Balaban J connectivity index is 2.08. The molecule has 1 aliphatic rings. The Kier molecular flexibility index (Phi) is 4.32. The second kappa shape index (κ2) is 5.83. The Bertz CT molecular complexity index is 445. The van der Waals surface area contributed by atoms with E-state index in [1.165, 1.54) is 0 Å². The molecular formula is C14H26N6. The van der Waals surface area contributed by atoms with Crippen molar-refractivity contribution in [3.8, 4) is 0 Å². The topological polar surface area (TPSA) is 93.1 Å². The summed E-state index contributed by atoms with van der Waals surface area (Å²) in [5, 5.41) is 3.33. The molecule has 1 aliphatic heterocycles. The molecule has 0 aromatic carbocycles. The Morgan fingerprint density at radius 3 is 2.55 bits per heavy atom. The van der Waals surface area contributed by atoms with E-state index >= 15 is 0 Å². The largest absolute Gasteiger partial charge is 0.369 e. The summed E-state index contributed by atoms with van der Waals surface area (Å²) in [6, 6.07) is 2.28. The number of nitrogens with one attached hydrogen (secondary N) is 1. The number of aromatic nitrogens is 2. The number of rotatable bonds is 3. The van der Waals surface area contributed by atoms with Gasteiger partial charge in [0.15, 0.2) is 0 Å². The molecule has 0 aliphatic carbocycles. The lowest BCUT2D eigenvalue weighted by Crippen LogP contribution is -2.40. The summed E-state index contributed by atoms with van der Waals surface area (Å²) in [6.07, 6.45) is 1.99. The van der Waals surface area contributed by atoms with Crippen molar-refractivity contribution in [3.63, 3.8) is 0 Å². The van der Waals surface area contributed by atoms with Crippen LogP contribution in [0.1, 0.15) is 33.6 Å². The van der Waals surface area contributed by atoms with E-state index in [1.54, 1.807) is 0 Å². The van der Waals surface area contributed by atoms with E-state index in [0.29, 0.717) is 12.0 Å². The minimum atomic E-state index is 0.192. The van der Waals surface area contributed by atoms with Crippen LogP contribution in [0.4, 0.5) is 17.6 Å². The fraction of sp³-hybridized carbons (Fsp3) is 0.714. The number of nitrogen functional groups attached to an aromatic ring is 1. The van der Waals surface area contributed by atoms with Gasteiger partial charge in [0.1, 0.15) is 11.6 Å². The van der Waals surface area contributed by atoms with Crippen LogP contribution < -0.4 is 21.7 Å². The van der Waals surface area contributed by atoms with Gasteiger partial charge in [0.2, 0.25) is 5.95 Å². The molecule has 0 saturated carbocycles. The van der Waals surface area contributed by atoms with Gasteiger partial charge >= 0.3 is 0 Å². The molecule has 0 spiro atoms. The molecule has 2 heterocycles. The molecule has 112 valence electrons. The van der Waals surface area contributed by atoms with Gasteiger partial charge in [0.25, 0.3) is 0 Å². The predicted molar refractivity (Wildman–Crippen MR) is 83.8 cm³/mol. The zero-order valence-electron chi connectivity index (χ0n) is 12.7. The molecule has 2 rings (SSSR count). The average molecular weight is 278 g/mol. The van der Waals surface area contributed by atoms with Gasteiger partial charge in [-0.15, -0.1) is 0 Å². The van der Waals surface area contributed by atoms with Gasteiger partial charge in [-0.3, -0.25) is 0 Å². The third-order valence-electron chi connectivity index (χ3n) is 3.39. The third-order valence-corrected chi connectivity index (χ3v) is 3.39. The molecule has 1 aromatic rings. The van der Waals surface area contributed by atoms with E-state index in [4.69, 9.17) is 11.5 Å². The highest BCUT2D eigenvalue weighted by Gasteiger charge is 2.18. The fourth-order valence-electron chi connectivity index (χ4n) is 2.19. The maximum absolute atomic E-state index is 5.93. The maximum atomic E-state index is 5.93. The molecular weight excluding hydrogens is 252 g/mol. The minimum absolute atomic E-state index is 0.192. The summed E-state index contributed by atoms with van der Waals surface area (Å²) in [7, 11) is 0. The first-order valence-corrected chi connectivity index (χ1v) is 7.22. The Morgan fingerprint density at radius 2 is 1.95 bits per heavy atom. The van der Waals surface area contributed by atoms with E-state index in [0.717, 1.165) is 44.1 Å². The lowest BCUT2D eigenvalue weighted by Gasteiger charge is -2.31. The highest BCUT2D eigenvalue weighted by molar-refractivity contribution is 5.53. The van der Waals surface area contributed by atoms with Gasteiger partial charge in [0, 0.05) is 31.7 Å². The average Bonchev–Trinajstić information content (AvgIpc) is 2.36. The molecule has 6 nitrogen and oxygen atoms in total. The SMILES string of the molecule is CC(C)(C)CNc1cc(N2CCC(N)CC2)nc(N)n1. The Morgan fingerprint density at radius 1 is 1.30 bits per heavy atom. The van der Waals surface area contributed by atoms with Crippen molar-refractivity contribution in [1.29, 1.82) is 0 Å². The summed E-state index contributed by atoms with van der Waals surface area (Å²) in [5.74, 6) is 1.99. The summed E-state index contributed by atoms with van der Waals surface area (Å²) in [4.78, 5) is 10.8. The highest BCUT2D eigenvalue weighted by Crippen LogP contribution is 2.22. The smallest absolute Gasteiger partial charge is 0.223 e. The molecule has 5 N–H and O–H groups in total. The summed E-state index contributed by atoms with van der Waals surface area (Å²) in [6.45, 7) is 9.23. The molecule has 1 aromatic heterocycles. The molecule has 1 fully saturated rings. The van der Waals surface area contributed by atoms with Crippen LogP contribution in [-0.2, 0) is 0 Å². The monoisotopic (exact) mass is 278 g/mol. The zero-order chi connectivity index (χ0) is 14.8. The number of piperidine rings is 1. The van der Waals surface area contributed by atoms with Crippen LogP contribution in [0, 0.1) is 5.41 Å². The predicted octanol–water partition coefficient (Wildman–Crippen LogP) is 1.44. The number of nitrogens with two attached hydrogens (primary N) is 2. The molecule has 0 amide bonds. The van der Waals surface area contributed by atoms with Crippen molar-refractivity contribution in [2.75, 3.05) is 35.6 Å². The number of hydrogen-bond donors (Lipinski definition) is 3. The van der Waals surface area contributed by atoms with Gasteiger partial charge in [-0.25, -0.2) is 0 Å². The number of anilines is 3. The first-order valence-electron chi connectivity index (χ1n) is 7.22. The van der Waals surface area contributed by atoms with Crippen LogP contribution in [0.3, 0.4) is 0 Å². The van der Waals surface area contributed by atoms with Crippen molar-refractivity contribution >= 4 is 17.6 Å². The summed E-state index contributed by atoms with van der Waals surface area (Å²) < 4.78 is 0. The Hall–Kier alpha value is -1.56. The molecule has 0 atom stereocenters. The van der Waals surface area contributed by atoms with Gasteiger partial charge in [0.05, 0.1) is 0 Å². The fourth-order valence-corrected chi connectivity index (χ4v) is 2.19. The standard InChI is InChI=1S/C14H26N6/c1-14(2,3)9-17-11-8-12(19-13(16)18-11)20-6-4-10(15)5-7-20/h8,10H,4-7,9,15H2,1-3H3,(H3,16,17,18,19). The van der Waals surface area contributed by atoms with Crippen LogP contribution in [0.2, 0.25) is 0 Å². The number of hydrogen-bond acceptors (Lipinski definition) is 6. The Labute approximate surface area is 121 Å². The first-order chi connectivity index (χ1) is 9.33. The van der Waals surface area contributed by atoms with Crippen LogP contribution in [0.5, 0.6) is 0 Å². The highest BCUT2D eigenvalue weighted by atomic mass is 15.2. The minimum Gasteiger partial charge on any atom is -0.369 e. The first kappa shape index (κ1) is 14.8. The molecule has 0 radical (unpaired) electrons. The molecule has 20 heavy (non-hydrogen) atoms. The molecule has 0 bridgehead atoms. The lowest BCUT2D eigenvalue weighted by atomic mass is 9.97. The van der Waals surface area contributed by atoms with Gasteiger partial charge < -0.3 is 21.7 Å². The van der Waals surface area contributed by atoms with Crippen molar-refractivity contribution in [1.82, 2.24) is 9.97 Å². The zero-order valence-corrected chi connectivity index (χ0v) is 12.7. The maximum Gasteiger partial charge on any atom is 0.223 e. The second-order valence-corrected chi connectivity index (χ2v) is 6.71. The van der Waals surface area contributed by atoms with Crippen LogP contribution in [-0.4, -0.2) is 35.6 Å². The van der Waals surface area contributed by atoms with Crippen LogP contribution in [0.15, 0.2) is 6.07 Å². The van der Waals surface area contributed by atoms with E-state index in [9.17, 15) is 0 Å². The normalized spacial score (nSPS) is 17.3. The molecule has 6 heteroatoms. The van der Waals surface area contributed by atoms with E-state index in [2.05, 4.69) is 41.0 Å². The quantitative estimate of drug-likeness (QED) is 0.775. The van der Waals surface area contributed by atoms with E-state index in [1.807, 2.05) is 6.07 Å². The van der Waals surface area contributed by atoms with Crippen LogP contribution in [0.25, 0.3) is 0 Å². The van der Waals surface area contributed by atoms with Gasteiger partial charge in [-0.05, 0) is 18.3 Å². The van der Waals surface area contributed by atoms with Crippen molar-refractivity contribution < 1.29 is 0 Å². The van der Waals surface area contributed by atoms with Crippen molar-refractivity contribution in [2.24, 2.45) is 11.1 Å².